The second-order valence-electron chi connectivity index (χ2n) is 6.58. The number of amides is 3. The number of rotatable bonds is 3. The van der Waals surface area contributed by atoms with Crippen LogP contribution in [0, 0.1) is 0 Å². The first kappa shape index (κ1) is 16.3. The standard InChI is InChI=1S/C20H19N3O3/c24-13-21-16-6-3-5-15(10-16)20(26)22-11-18-17-7-2-1-4-14(17)8-9-23(18)19(25)12-22/h1-7,10,13,18H,8-9,11-12H2,(H,21,24). The second-order valence-corrected chi connectivity index (χ2v) is 6.58. The predicted molar refractivity (Wildman–Crippen MR) is 96.6 cm³/mol. The number of carbonyl (C=O) groups is 3. The predicted octanol–water partition coefficient (Wildman–Crippen LogP) is 1.84. The lowest BCUT2D eigenvalue weighted by molar-refractivity contribution is -0.139. The van der Waals surface area contributed by atoms with Gasteiger partial charge in [-0.05, 0) is 35.7 Å². The van der Waals surface area contributed by atoms with Gasteiger partial charge in [0.15, 0.2) is 0 Å². The minimum Gasteiger partial charge on any atom is -0.332 e. The SMILES string of the molecule is O=CNc1cccc(C(=O)N2CC(=O)N3CCc4ccccc4C3C2)c1. The summed E-state index contributed by atoms with van der Waals surface area (Å²) in [5.41, 5.74) is 3.38. The highest BCUT2D eigenvalue weighted by Crippen LogP contribution is 2.33. The van der Waals surface area contributed by atoms with E-state index in [1.807, 2.05) is 23.1 Å². The van der Waals surface area contributed by atoms with Crippen LogP contribution in [0.3, 0.4) is 0 Å². The summed E-state index contributed by atoms with van der Waals surface area (Å²) in [5.74, 6) is -0.220. The van der Waals surface area contributed by atoms with Crippen LogP contribution >= 0.6 is 0 Å². The van der Waals surface area contributed by atoms with Crippen molar-refractivity contribution in [3.8, 4) is 0 Å². The summed E-state index contributed by atoms with van der Waals surface area (Å²) in [5, 5.41) is 2.55. The van der Waals surface area contributed by atoms with Crippen LogP contribution in [-0.4, -0.2) is 47.7 Å². The van der Waals surface area contributed by atoms with E-state index in [1.165, 1.54) is 5.56 Å². The molecule has 3 amide bonds. The van der Waals surface area contributed by atoms with Gasteiger partial charge in [-0.1, -0.05) is 30.3 Å². The third kappa shape index (κ3) is 2.83. The van der Waals surface area contributed by atoms with Crippen molar-refractivity contribution in [1.29, 1.82) is 0 Å². The Balaban J connectivity index is 1.61. The van der Waals surface area contributed by atoms with Gasteiger partial charge in [0.25, 0.3) is 5.91 Å². The van der Waals surface area contributed by atoms with Crippen molar-refractivity contribution in [2.24, 2.45) is 0 Å². The lowest BCUT2D eigenvalue weighted by Gasteiger charge is -2.44. The van der Waals surface area contributed by atoms with E-state index in [-0.39, 0.29) is 24.4 Å². The molecule has 2 heterocycles. The van der Waals surface area contributed by atoms with Crippen LogP contribution in [0.5, 0.6) is 0 Å². The number of nitrogens with zero attached hydrogens (tertiary/aromatic N) is 2. The van der Waals surface area contributed by atoms with E-state index in [2.05, 4.69) is 11.4 Å². The van der Waals surface area contributed by atoms with E-state index >= 15 is 0 Å². The smallest absolute Gasteiger partial charge is 0.254 e. The Morgan fingerprint density at radius 2 is 2.00 bits per heavy atom. The van der Waals surface area contributed by atoms with Crippen LogP contribution < -0.4 is 5.32 Å². The van der Waals surface area contributed by atoms with Gasteiger partial charge in [0, 0.05) is 24.3 Å². The minimum atomic E-state index is -0.199. The Hall–Kier alpha value is -3.15. The molecule has 26 heavy (non-hydrogen) atoms. The zero-order valence-electron chi connectivity index (χ0n) is 14.2. The molecule has 0 spiro atoms. The van der Waals surface area contributed by atoms with Crippen LogP contribution in [-0.2, 0) is 16.0 Å². The van der Waals surface area contributed by atoms with E-state index in [0.717, 1.165) is 12.0 Å². The van der Waals surface area contributed by atoms with Crippen LogP contribution in [0.4, 0.5) is 5.69 Å². The first-order valence-corrected chi connectivity index (χ1v) is 8.64. The highest BCUT2D eigenvalue weighted by Gasteiger charge is 2.38. The molecule has 6 heteroatoms. The summed E-state index contributed by atoms with van der Waals surface area (Å²) >= 11 is 0. The average Bonchev–Trinajstić information content (AvgIpc) is 2.67. The number of fused-ring (bicyclic) bond motifs is 3. The van der Waals surface area contributed by atoms with Crippen LogP contribution in [0.25, 0.3) is 0 Å². The Morgan fingerprint density at radius 1 is 1.15 bits per heavy atom. The zero-order valence-corrected chi connectivity index (χ0v) is 14.2. The van der Waals surface area contributed by atoms with Crippen molar-refractivity contribution in [2.45, 2.75) is 12.5 Å². The molecule has 6 nitrogen and oxygen atoms in total. The third-order valence-corrected chi connectivity index (χ3v) is 5.07. The van der Waals surface area contributed by atoms with Crippen molar-refractivity contribution in [1.82, 2.24) is 9.80 Å². The number of anilines is 1. The quantitative estimate of drug-likeness (QED) is 0.860. The summed E-state index contributed by atoms with van der Waals surface area (Å²) < 4.78 is 0. The summed E-state index contributed by atoms with van der Waals surface area (Å²) in [7, 11) is 0. The summed E-state index contributed by atoms with van der Waals surface area (Å²) in [6.45, 7) is 1.26. The van der Waals surface area contributed by atoms with E-state index < -0.39 is 0 Å². The maximum absolute atomic E-state index is 12.9. The number of benzene rings is 2. The molecule has 1 atom stereocenters. The Kier molecular flexibility index (Phi) is 4.16. The van der Waals surface area contributed by atoms with Gasteiger partial charge in [-0.25, -0.2) is 0 Å². The molecule has 0 saturated carbocycles. The molecule has 132 valence electrons. The van der Waals surface area contributed by atoms with Gasteiger partial charge in [0.1, 0.15) is 6.54 Å². The largest absolute Gasteiger partial charge is 0.332 e. The molecule has 2 aromatic carbocycles. The maximum Gasteiger partial charge on any atom is 0.254 e. The minimum absolute atomic E-state index is 0.0220. The highest BCUT2D eigenvalue weighted by atomic mass is 16.2. The van der Waals surface area contributed by atoms with Gasteiger partial charge in [-0.3, -0.25) is 14.4 Å². The normalized spacial score (nSPS) is 18.8. The molecule has 1 N–H and O–H groups in total. The van der Waals surface area contributed by atoms with Crippen molar-refractivity contribution in [3.63, 3.8) is 0 Å². The molecule has 2 aliphatic heterocycles. The second kappa shape index (κ2) is 6.63. The molecule has 0 bridgehead atoms. The number of piperazine rings is 1. The first-order valence-electron chi connectivity index (χ1n) is 8.64. The Bertz CT molecular complexity index is 880. The summed E-state index contributed by atoms with van der Waals surface area (Å²) in [6, 6.07) is 14.8. The molecule has 2 aromatic rings. The molecule has 1 unspecified atom stereocenters. The third-order valence-electron chi connectivity index (χ3n) is 5.07. The Labute approximate surface area is 151 Å². The lowest BCUT2D eigenvalue weighted by Crippen LogP contribution is -2.55. The number of hydrogen-bond acceptors (Lipinski definition) is 3. The van der Waals surface area contributed by atoms with Gasteiger partial charge in [-0.15, -0.1) is 0 Å². The average molecular weight is 349 g/mol. The highest BCUT2D eigenvalue weighted by molar-refractivity contribution is 5.98. The van der Waals surface area contributed by atoms with Crippen molar-refractivity contribution in [3.05, 3.63) is 65.2 Å². The van der Waals surface area contributed by atoms with Gasteiger partial charge < -0.3 is 15.1 Å². The van der Waals surface area contributed by atoms with Gasteiger partial charge in [0.05, 0.1) is 6.04 Å². The van der Waals surface area contributed by atoms with Crippen molar-refractivity contribution < 1.29 is 14.4 Å². The zero-order chi connectivity index (χ0) is 18.1. The molecular weight excluding hydrogens is 330 g/mol. The van der Waals surface area contributed by atoms with Crippen molar-refractivity contribution >= 4 is 23.9 Å². The molecule has 0 aliphatic carbocycles. The van der Waals surface area contributed by atoms with Gasteiger partial charge in [-0.2, -0.15) is 0 Å². The van der Waals surface area contributed by atoms with Gasteiger partial charge >= 0.3 is 0 Å². The molecular formula is C20H19N3O3. The number of carbonyl (C=O) groups excluding carboxylic acids is 3. The van der Waals surface area contributed by atoms with E-state index in [4.69, 9.17) is 0 Å². The Morgan fingerprint density at radius 3 is 2.85 bits per heavy atom. The lowest BCUT2D eigenvalue weighted by atomic mass is 9.90. The molecule has 0 aromatic heterocycles. The fraction of sp³-hybridized carbons (Fsp3) is 0.250. The molecule has 4 rings (SSSR count). The van der Waals surface area contributed by atoms with E-state index in [0.29, 0.717) is 30.8 Å². The van der Waals surface area contributed by atoms with E-state index in [9.17, 15) is 14.4 Å². The maximum atomic E-state index is 12.9. The topological polar surface area (TPSA) is 69.7 Å². The van der Waals surface area contributed by atoms with Crippen LogP contribution in [0.15, 0.2) is 48.5 Å². The molecule has 1 fully saturated rings. The molecule has 2 aliphatic rings. The molecule has 0 radical (unpaired) electrons. The first-order chi connectivity index (χ1) is 12.7. The fourth-order valence-electron chi connectivity index (χ4n) is 3.82. The van der Waals surface area contributed by atoms with E-state index in [1.54, 1.807) is 29.2 Å². The van der Waals surface area contributed by atoms with Gasteiger partial charge in [0.2, 0.25) is 12.3 Å². The number of hydrogen-bond donors (Lipinski definition) is 1. The van der Waals surface area contributed by atoms with Crippen LogP contribution in [0.2, 0.25) is 0 Å². The monoisotopic (exact) mass is 349 g/mol. The summed E-state index contributed by atoms with van der Waals surface area (Å²) in [6.07, 6.45) is 1.43. The number of nitrogens with one attached hydrogen (secondary N) is 1. The summed E-state index contributed by atoms with van der Waals surface area (Å²) in [4.78, 5) is 39.7. The van der Waals surface area contributed by atoms with Crippen molar-refractivity contribution in [2.75, 3.05) is 25.0 Å². The fourth-order valence-corrected chi connectivity index (χ4v) is 3.82. The molecule has 1 saturated heterocycles. The van der Waals surface area contributed by atoms with Crippen LogP contribution in [0.1, 0.15) is 27.5 Å².